The van der Waals surface area contributed by atoms with Crippen molar-refractivity contribution in [2.45, 2.75) is 26.7 Å². The fraction of sp³-hybridized carbons (Fsp3) is 0.500. The minimum absolute atomic E-state index is 0. The van der Waals surface area contributed by atoms with E-state index < -0.39 is 0 Å². The van der Waals surface area contributed by atoms with Crippen LogP contribution < -0.4 is 0 Å². The molecule has 0 spiro atoms. The van der Waals surface area contributed by atoms with Gasteiger partial charge in [-0.05, 0) is 26.7 Å². The van der Waals surface area contributed by atoms with Gasteiger partial charge in [-0.2, -0.15) is 0 Å². The fourth-order valence-electron chi connectivity index (χ4n) is 0.526. The first-order chi connectivity index (χ1) is 3.91. The molecule has 0 aromatic rings. The van der Waals surface area contributed by atoms with E-state index in [0.29, 0.717) is 0 Å². The Morgan fingerprint density at radius 3 is 1.44 bits per heavy atom. The molecule has 0 radical (unpaired) electrons. The zero-order valence-corrected chi connectivity index (χ0v) is 8.31. The summed E-state index contributed by atoms with van der Waals surface area (Å²) < 4.78 is 0. The first-order valence-electron chi connectivity index (χ1n) is 3.14. The van der Waals surface area contributed by atoms with E-state index in [4.69, 9.17) is 0 Å². The van der Waals surface area contributed by atoms with Gasteiger partial charge in [-0.1, -0.05) is 24.3 Å². The summed E-state index contributed by atoms with van der Waals surface area (Å²) in [6.07, 6.45) is 10.9. The maximum absolute atomic E-state index is 2.18. The van der Waals surface area contributed by atoms with Gasteiger partial charge in [-0.15, -0.1) is 0 Å². The number of hydrogen-bond donors (Lipinski definition) is 0. The average Bonchev–Trinajstić information content (AvgIpc) is 1.81. The summed E-state index contributed by atoms with van der Waals surface area (Å²) >= 11 is 0. The predicted molar refractivity (Wildman–Crippen MR) is 38.9 cm³/mol. The van der Waals surface area contributed by atoms with E-state index in [-0.39, 0.29) is 21.1 Å². The predicted octanol–water partition coefficient (Wildman–Crippen LogP) is 2.92. The van der Waals surface area contributed by atoms with Gasteiger partial charge in [0.05, 0.1) is 0 Å². The first kappa shape index (κ1) is 11.9. The molecular weight excluding hydrogens is 291 g/mol. The second kappa shape index (κ2) is 11.0. The third-order valence-corrected chi connectivity index (χ3v) is 0.971. The first-order valence-corrected chi connectivity index (χ1v) is 3.14. The van der Waals surface area contributed by atoms with Gasteiger partial charge in [-0.25, -0.2) is 0 Å². The zero-order chi connectivity index (χ0) is 6.24. The summed E-state index contributed by atoms with van der Waals surface area (Å²) in [4.78, 5) is 0. The molecule has 0 unspecified atom stereocenters. The SMILES string of the molecule is CC=CCCC=CC.[Pt]. The maximum atomic E-state index is 2.18. The third-order valence-electron chi connectivity index (χ3n) is 0.971. The standard InChI is InChI=1S/C8H14.Pt/c1-3-5-7-8-6-4-2;/h3-6H,7-8H2,1-2H3;. The van der Waals surface area contributed by atoms with Gasteiger partial charge in [0.25, 0.3) is 0 Å². The molecule has 0 aromatic heterocycles. The Labute approximate surface area is 72.3 Å². The molecule has 9 heavy (non-hydrogen) atoms. The Morgan fingerprint density at radius 1 is 0.889 bits per heavy atom. The van der Waals surface area contributed by atoms with Gasteiger partial charge in [0.2, 0.25) is 0 Å². The quantitative estimate of drug-likeness (QED) is 0.555. The Kier molecular flexibility index (Phi) is 14.6. The Hall–Kier alpha value is 0.168. The molecule has 0 rings (SSSR count). The van der Waals surface area contributed by atoms with Gasteiger partial charge in [0, 0.05) is 21.1 Å². The van der Waals surface area contributed by atoms with Crippen LogP contribution in [0.1, 0.15) is 26.7 Å². The molecule has 0 heterocycles. The summed E-state index contributed by atoms with van der Waals surface area (Å²) in [6.45, 7) is 4.10. The monoisotopic (exact) mass is 305 g/mol. The van der Waals surface area contributed by atoms with E-state index in [1.165, 1.54) is 12.8 Å². The van der Waals surface area contributed by atoms with Crippen molar-refractivity contribution in [1.82, 2.24) is 0 Å². The number of allylic oxidation sites excluding steroid dienone is 4. The molecule has 0 aromatic carbocycles. The van der Waals surface area contributed by atoms with Gasteiger partial charge in [0.1, 0.15) is 0 Å². The van der Waals surface area contributed by atoms with Gasteiger partial charge in [-0.3, -0.25) is 0 Å². The zero-order valence-electron chi connectivity index (χ0n) is 6.04. The molecule has 0 amide bonds. The van der Waals surface area contributed by atoms with Crippen molar-refractivity contribution in [3.63, 3.8) is 0 Å². The van der Waals surface area contributed by atoms with Crippen molar-refractivity contribution in [3.8, 4) is 0 Å². The summed E-state index contributed by atoms with van der Waals surface area (Å²) in [6, 6.07) is 0. The van der Waals surface area contributed by atoms with Crippen molar-refractivity contribution in [1.29, 1.82) is 0 Å². The number of unbranched alkanes of at least 4 members (excludes halogenated alkanes) is 1. The molecule has 1 heteroatoms. The van der Waals surface area contributed by atoms with Crippen LogP contribution in [-0.4, -0.2) is 0 Å². The van der Waals surface area contributed by atoms with Crippen LogP contribution >= 0.6 is 0 Å². The average molecular weight is 305 g/mol. The molecule has 56 valence electrons. The number of rotatable bonds is 3. The second-order valence-electron chi connectivity index (χ2n) is 1.72. The molecule has 0 fully saturated rings. The third kappa shape index (κ3) is 11.6. The van der Waals surface area contributed by atoms with Crippen LogP contribution in [0.5, 0.6) is 0 Å². The van der Waals surface area contributed by atoms with Crippen LogP contribution in [0.15, 0.2) is 24.3 Å². The summed E-state index contributed by atoms with van der Waals surface area (Å²) in [7, 11) is 0. The van der Waals surface area contributed by atoms with Crippen LogP contribution in [0.3, 0.4) is 0 Å². The van der Waals surface area contributed by atoms with Crippen LogP contribution in [0.2, 0.25) is 0 Å². The van der Waals surface area contributed by atoms with Gasteiger partial charge in [0.15, 0.2) is 0 Å². The van der Waals surface area contributed by atoms with E-state index in [2.05, 4.69) is 38.2 Å². The van der Waals surface area contributed by atoms with Crippen LogP contribution in [0, 0.1) is 0 Å². The summed E-state index contributed by atoms with van der Waals surface area (Å²) in [5, 5.41) is 0. The molecular formula is C8H14Pt. The van der Waals surface area contributed by atoms with Crippen LogP contribution in [0.25, 0.3) is 0 Å². The normalized spacial score (nSPS) is 10.4. The van der Waals surface area contributed by atoms with Gasteiger partial charge < -0.3 is 0 Å². The van der Waals surface area contributed by atoms with Crippen molar-refractivity contribution < 1.29 is 21.1 Å². The van der Waals surface area contributed by atoms with E-state index in [1.807, 2.05) is 0 Å². The molecule has 0 saturated carbocycles. The smallest absolute Gasteiger partial charge is 0 e. The fourth-order valence-corrected chi connectivity index (χ4v) is 0.526. The van der Waals surface area contributed by atoms with E-state index in [9.17, 15) is 0 Å². The minimum atomic E-state index is 0. The molecule has 0 aliphatic carbocycles. The van der Waals surface area contributed by atoms with Crippen molar-refractivity contribution in [2.24, 2.45) is 0 Å². The Bertz CT molecular complexity index is 70.6. The largest absolute Gasteiger partial charge is 0.0917 e. The molecule has 0 aliphatic rings. The van der Waals surface area contributed by atoms with Crippen molar-refractivity contribution in [3.05, 3.63) is 24.3 Å². The Morgan fingerprint density at radius 2 is 1.22 bits per heavy atom. The van der Waals surface area contributed by atoms with E-state index >= 15 is 0 Å². The van der Waals surface area contributed by atoms with E-state index in [1.54, 1.807) is 0 Å². The van der Waals surface area contributed by atoms with Crippen LogP contribution in [-0.2, 0) is 21.1 Å². The number of hydrogen-bond acceptors (Lipinski definition) is 0. The molecule has 0 N–H and O–H groups in total. The molecule has 0 bridgehead atoms. The van der Waals surface area contributed by atoms with Crippen molar-refractivity contribution in [2.75, 3.05) is 0 Å². The van der Waals surface area contributed by atoms with Gasteiger partial charge >= 0.3 is 0 Å². The minimum Gasteiger partial charge on any atom is -0.0917 e. The summed E-state index contributed by atoms with van der Waals surface area (Å²) in [5.74, 6) is 0. The van der Waals surface area contributed by atoms with E-state index in [0.717, 1.165) is 0 Å². The maximum Gasteiger partial charge on any atom is 0 e. The van der Waals surface area contributed by atoms with Crippen molar-refractivity contribution >= 4 is 0 Å². The molecule has 0 aliphatic heterocycles. The summed E-state index contributed by atoms with van der Waals surface area (Å²) in [5.41, 5.74) is 0. The second-order valence-corrected chi connectivity index (χ2v) is 1.72. The molecule has 0 nitrogen and oxygen atoms in total. The molecule has 0 saturated heterocycles. The topological polar surface area (TPSA) is 0 Å². The molecule has 0 atom stereocenters. The Balaban J connectivity index is 0. The van der Waals surface area contributed by atoms with Crippen LogP contribution in [0.4, 0.5) is 0 Å².